The van der Waals surface area contributed by atoms with Crippen molar-refractivity contribution in [3.63, 3.8) is 0 Å². The molecule has 0 spiro atoms. The number of urea groups is 1. The van der Waals surface area contributed by atoms with E-state index in [1.165, 1.54) is 5.56 Å². The highest BCUT2D eigenvalue weighted by molar-refractivity contribution is 5.75. The fourth-order valence-electron chi connectivity index (χ4n) is 3.66. The van der Waals surface area contributed by atoms with Crippen LogP contribution in [0.1, 0.15) is 37.3 Å². The van der Waals surface area contributed by atoms with Gasteiger partial charge in [-0.1, -0.05) is 24.3 Å². The van der Waals surface area contributed by atoms with Crippen LogP contribution in [0, 0.1) is 5.92 Å². The average molecular weight is 426 g/mol. The third kappa shape index (κ3) is 7.59. The molecule has 1 N–H and O–H groups in total. The number of ether oxygens (including phenoxy) is 2. The maximum absolute atomic E-state index is 12.3. The number of nitrogens with one attached hydrogen (secondary N) is 1. The van der Waals surface area contributed by atoms with E-state index in [2.05, 4.69) is 34.6 Å². The van der Waals surface area contributed by atoms with Gasteiger partial charge in [0.15, 0.2) is 0 Å². The summed E-state index contributed by atoms with van der Waals surface area (Å²) in [6, 6.07) is 12.2. The molecular formula is C24H31N3O4. The number of nitrogens with zero attached hydrogens (tertiary/aromatic N) is 2. The molecule has 3 rings (SSSR count). The molecule has 1 fully saturated rings. The van der Waals surface area contributed by atoms with Crippen molar-refractivity contribution >= 4 is 12.0 Å². The molecule has 166 valence electrons. The zero-order chi connectivity index (χ0) is 21.9. The van der Waals surface area contributed by atoms with Crippen LogP contribution in [0.15, 0.2) is 48.8 Å². The van der Waals surface area contributed by atoms with Crippen molar-refractivity contribution in [2.45, 2.75) is 39.2 Å². The summed E-state index contributed by atoms with van der Waals surface area (Å²) in [4.78, 5) is 29.4. The molecule has 0 bridgehead atoms. The molecular weight excluding hydrogens is 394 g/mol. The molecule has 7 heteroatoms. The summed E-state index contributed by atoms with van der Waals surface area (Å²) in [5.74, 6) is 1.11. The predicted octanol–water partition coefficient (Wildman–Crippen LogP) is 3.58. The zero-order valence-electron chi connectivity index (χ0n) is 18.1. The molecule has 0 atom stereocenters. The number of hydrogen-bond donors (Lipinski definition) is 1. The van der Waals surface area contributed by atoms with E-state index in [1.807, 2.05) is 17.0 Å². The maximum Gasteiger partial charge on any atom is 0.317 e. The Labute approximate surface area is 183 Å². The molecule has 1 saturated heterocycles. The molecule has 0 saturated carbocycles. The summed E-state index contributed by atoms with van der Waals surface area (Å²) in [6.45, 7) is 4.47. The zero-order valence-corrected chi connectivity index (χ0v) is 18.1. The number of esters is 1. The van der Waals surface area contributed by atoms with Gasteiger partial charge in [-0.15, -0.1) is 0 Å². The van der Waals surface area contributed by atoms with Crippen LogP contribution in [0.25, 0.3) is 0 Å². The Morgan fingerprint density at radius 1 is 1.06 bits per heavy atom. The first-order valence-corrected chi connectivity index (χ1v) is 10.9. The highest BCUT2D eigenvalue weighted by Crippen LogP contribution is 2.22. The van der Waals surface area contributed by atoms with Gasteiger partial charge in [0.25, 0.3) is 0 Å². The number of carbonyl (C=O) groups is 2. The first kappa shape index (κ1) is 22.6. The van der Waals surface area contributed by atoms with Gasteiger partial charge in [-0.05, 0) is 55.4 Å². The van der Waals surface area contributed by atoms with Crippen molar-refractivity contribution in [3.05, 3.63) is 59.9 Å². The van der Waals surface area contributed by atoms with Crippen molar-refractivity contribution in [3.8, 4) is 5.75 Å². The predicted molar refractivity (Wildman–Crippen MR) is 118 cm³/mol. The van der Waals surface area contributed by atoms with Gasteiger partial charge in [0.2, 0.25) is 0 Å². The molecule has 1 aliphatic rings. The van der Waals surface area contributed by atoms with E-state index in [1.54, 1.807) is 19.3 Å². The number of amides is 2. The Hall–Kier alpha value is -3.09. The molecule has 2 heterocycles. The van der Waals surface area contributed by atoms with Crippen LogP contribution in [0.4, 0.5) is 4.79 Å². The number of likely N-dealkylation sites (tertiary alicyclic amines) is 1. The number of aromatic nitrogens is 1. The van der Waals surface area contributed by atoms with Crippen LogP contribution in [0.5, 0.6) is 5.75 Å². The summed E-state index contributed by atoms with van der Waals surface area (Å²) in [5, 5.41) is 2.81. The molecule has 1 aliphatic heterocycles. The fraction of sp³-hybridized carbons (Fsp3) is 0.458. The van der Waals surface area contributed by atoms with Crippen molar-refractivity contribution in [1.82, 2.24) is 15.2 Å². The lowest BCUT2D eigenvalue weighted by Crippen LogP contribution is -2.45. The number of pyridine rings is 1. The van der Waals surface area contributed by atoms with Crippen molar-refractivity contribution in [2.24, 2.45) is 5.92 Å². The van der Waals surface area contributed by atoms with Crippen LogP contribution in [0.3, 0.4) is 0 Å². The van der Waals surface area contributed by atoms with Gasteiger partial charge in [0.1, 0.15) is 12.4 Å². The first-order chi connectivity index (χ1) is 15.1. The summed E-state index contributed by atoms with van der Waals surface area (Å²) < 4.78 is 10.6. The monoisotopic (exact) mass is 425 g/mol. The largest absolute Gasteiger partial charge is 0.489 e. The molecule has 2 aromatic rings. The minimum atomic E-state index is -0.281. The van der Waals surface area contributed by atoms with Crippen molar-refractivity contribution in [2.75, 3.05) is 26.2 Å². The van der Waals surface area contributed by atoms with Crippen LogP contribution in [-0.4, -0.2) is 48.1 Å². The highest BCUT2D eigenvalue weighted by Gasteiger charge is 2.22. The van der Waals surface area contributed by atoms with Gasteiger partial charge in [-0.2, -0.15) is 0 Å². The van der Waals surface area contributed by atoms with E-state index in [0.717, 1.165) is 43.7 Å². The summed E-state index contributed by atoms with van der Waals surface area (Å²) in [5.41, 5.74) is 2.44. The molecule has 1 aromatic carbocycles. The second-order valence-corrected chi connectivity index (χ2v) is 7.71. The minimum absolute atomic E-state index is 0.0960. The Bertz CT molecular complexity index is 818. The average Bonchev–Trinajstić information content (AvgIpc) is 2.80. The van der Waals surface area contributed by atoms with Gasteiger partial charge < -0.3 is 19.7 Å². The number of rotatable bonds is 9. The highest BCUT2D eigenvalue weighted by atomic mass is 16.5. The normalized spacial score (nSPS) is 14.2. The third-order valence-corrected chi connectivity index (χ3v) is 5.42. The van der Waals surface area contributed by atoms with Crippen molar-refractivity contribution < 1.29 is 19.1 Å². The Kier molecular flexibility index (Phi) is 8.70. The van der Waals surface area contributed by atoms with Crippen LogP contribution >= 0.6 is 0 Å². The van der Waals surface area contributed by atoms with E-state index < -0.39 is 0 Å². The van der Waals surface area contributed by atoms with E-state index in [9.17, 15) is 9.59 Å². The van der Waals surface area contributed by atoms with Crippen LogP contribution < -0.4 is 10.1 Å². The van der Waals surface area contributed by atoms with Gasteiger partial charge >= 0.3 is 12.0 Å². The maximum atomic E-state index is 12.3. The lowest BCUT2D eigenvalue weighted by molar-refractivity contribution is -0.142. The van der Waals surface area contributed by atoms with Crippen LogP contribution in [-0.2, 0) is 22.6 Å². The second-order valence-electron chi connectivity index (χ2n) is 7.71. The van der Waals surface area contributed by atoms with Gasteiger partial charge in [0.05, 0.1) is 13.0 Å². The lowest BCUT2D eigenvalue weighted by Gasteiger charge is -2.32. The number of carbonyl (C=O) groups excluding carboxylic acids is 2. The van der Waals surface area contributed by atoms with Gasteiger partial charge in [-0.25, -0.2) is 4.79 Å². The second kappa shape index (κ2) is 11.9. The van der Waals surface area contributed by atoms with E-state index >= 15 is 0 Å². The molecule has 31 heavy (non-hydrogen) atoms. The van der Waals surface area contributed by atoms with E-state index in [-0.39, 0.29) is 18.4 Å². The van der Waals surface area contributed by atoms with Gasteiger partial charge in [0, 0.05) is 32.0 Å². The third-order valence-electron chi connectivity index (χ3n) is 5.42. The van der Waals surface area contributed by atoms with E-state index in [4.69, 9.17) is 9.47 Å². The molecule has 2 amide bonds. The molecule has 1 aromatic heterocycles. The summed E-state index contributed by atoms with van der Waals surface area (Å²) >= 11 is 0. The number of piperidine rings is 1. The van der Waals surface area contributed by atoms with E-state index in [0.29, 0.717) is 25.7 Å². The SMILES string of the molecule is CCOC(=O)CCNC(=O)N1CCC(Cc2ccc(COc3ccncc3)cc2)CC1. The Morgan fingerprint density at radius 2 is 1.74 bits per heavy atom. The molecule has 7 nitrogen and oxygen atoms in total. The lowest BCUT2D eigenvalue weighted by atomic mass is 9.90. The van der Waals surface area contributed by atoms with Gasteiger partial charge in [-0.3, -0.25) is 9.78 Å². The van der Waals surface area contributed by atoms with Crippen LogP contribution in [0.2, 0.25) is 0 Å². The first-order valence-electron chi connectivity index (χ1n) is 10.9. The topological polar surface area (TPSA) is 80.8 Å². The standard InChI is InChI=1S/C24H31N3O4/c1-2-30-23(28)9-14-26-24(29)27-15-10-20(11-16-27)17-19-3-5-21(6-4-19)18-31-22-7-12-25-13-8-22/h3-8,12-13,20H,2,9-11,14-18H2,1H3,(H,26,29). The molecule has 0 radical (unpaired) electrons. The Balaban J connectivity index is 1.35. The molecule has 0 aliphatic carbocycles. The Morgan fingerprint density at radius 3 is 2.42 bits per heavy atom. The number of benzene rings is 1. The molecule has 0 unspecified atom stereocenters. The summed E-state index contributed by atoms with van der Waals surface area (Å²) in [6.07, 6.45) is 6.63. The summed E-state index contributed by atoms with van der Waals surface area (Å²) in [7, 11) is 0. The number of hydrogen-bond acceptors (Lipinski definition) is 5. The fourth-order valence-corrected chi connectivity index (χ4v) is 3.66. The quantitative estimate of drug-likeness (QED) is 0.621. The minimum Gasteiger partial charge on any atom is -0.489 e. The van der Waals surface area contributed by atoms with Crippen molar-refractivity contribution in [1.29, 1.82) is 0 Å². The smallest absolute Gasteiger partial charge is 0.317 e.